The Morgan fingerprint density at radius 3 is 2.43 bits per heavy atom. The summed E-state index contributed by atoms with van der Waals surface area (Å²) in [6.07, 6.45) is 2.88. The monoisotopic (exact) mass is 204 g/mol. The van der Waals surface area contributed by atoms with Gasteiger partial charge in [0.2, 0.25) is 0 Å². The SMILES string of the molecule is NC1(C(F)F)CCN(C2CCCC2)C1. The van der Waals surface area contributed by atoms with Crippen molar-refractivity contribution in [1.82, 2.24) is 4.90 Å². The average molecular weight is 204 g/mol. The molecule has 82 valence electrons. The molecular weight excluding hydrogens is 186 g/mol. The Hall–Kier alpha value is -0.220. The topological polar surface area (TPSA) is 29.3 Å². The Morgan fingerprint density at radius 2 is 1.93 bits per heavy atom. The molecule has 0 aromatic rings. The first kappa shape index (κ1) is 10.3. The molecular formula is C10H18F2N2. The van der Waals surface area contributed by atoms with Crippen molar-refractivity contribution in [3.05, 3.63) is 0 Å². The van der Waals surface area contributed by atoms with Crippen molar-refractivity contribution >= 4 is 0 Å². The smallest absolute Gasteiger partial charge is 0.257 e. The predicted molar refractivity (Wildman–Crippen MR) is 51.4 cm³/mol. The van der Waals surface area contributed by atoms with E-state index >= 15 is 0 Å². The lowest BCUT2D eigenvalue weighted by Crippen LogP contribution is -2.50. The van der Waals surface area contributed by atoms with Crippen LogP contribution >= 0.6 is 0 Å². The molecule has 1 heterocycles. The molecule has 2 aliphatic rings. The molecule has 2 fully saturated rings. The molecule has 1 aliphatic carbocycles. The molecule has 1 unspecified atom stereocenters. The minimum atomic E-state index is -2.38. The van der Waals surface area contributed by atoms with Gasteiger partial charge >= 0.3 is 0 Å². The van der Waals surface area contributed by atoms with Crippen molar-refractivity contribution in [2.45, 2.75) is 50.1 Å². The molecule has 0 amide bonds. The van der Waals surface area contributed by atoms with Gasteiger partial charge in [0.05, 0.1) is 5.54 Å². The molecule has 2 nitrogen and oxygen atoms in total. The third-order valence-corrected chi connectivity index (χ3v) is 3.64. The third-order valence-electron chi connectivity index (χ3n) is 3.64. The molecule has 1 saturated heterocycles. The predicted octanol–water partition coefficient (Wildman–Crippen LogP) is 1.60. The van der Waals surface area contributed by atoms with Crippen molar-refractivity contribution in [3.63, 3.8) is 0 Å². The number of alkyl halides is 2. The number of nitrogens with two attached hydrogens (primary N) is 1. The van der Waals surface area contributed by atoms with Crippen LogP contribution in [-0.4, -0.2) is 36.0 Å². The molecule has 0 spiro atoms. The molecule has 2 N–H and O–H groups in total. The highest BCUT2D eigenvalue weighted by Crippen LogP contribution is 2.31. The van der Waals surface area contributed by atoms with Crippen molar-refractivity contribution in [2.24, 2.45) is 5.73 Å². The second kappa shape index (κ2) is 3.74. The third kappa shape index (κ3) is 1.77. The molecule has 1 aliphatic heterocycles. The van der Waals surface area contributed by atoms with Gasteiger partial charge in [-0.1, -0.05) is 12.8 Å². The Labute approximate surface area is 83.4 Å². The molecule has 14 heavy (non-hydrogen) atoms. The van der Waals surface area contributed by atoms with Gasteiger partial charge < -0.3 is 5.73 Å². The number of halogens is 2. The minimum absolute atomic E-state index is 0.384. The molecule has 4 heteroatoms. The summed E-state index contributed by atoms with van der Waals surface area (Å²) in [6, 6.07) is 0.527. The molecule has 0 radical (unpaired) electrons. The van der Waals surface area contributed by atoms with Crippen LogP contribution in [0.1, 0.15) is 32.1 Å². The zero-order chi connectivity index (χ0) is 10.2. The van der Waals surface area contributed by atoms with Crippen LogP contribution in [0.4, 0.5) is 8.78 Å². The van der Waals surface area contributed by atoms with Crippen LogP contribution in [0.2, 0.25) is 0 Å². The van der Waals surface area contributed by atoms with E-state index in [1.807, 2.05) is 0 Å². The molecule has 0 aromatic carbocycles. The van der Waals surface area contributed by atoms with E-state index in [1.54, 1.807) is 0 Å². The highest BCUT2D eigenvalue weighted by molar-refractivity contribution is 4.99. The van der Waals surface area contributed by atoms with Crippen LogP contribution < -0.4 is 5.73 Å². The Kier molecular flexibility index (Phi) is 2.75. The van der Waals surface area contributed by atoms with Crippen molar-refractivity contribution in [2.75, 3.05) is 13.1 Å². The van der Waals surface area contributed by atoms with Gasteiger partial charge in [0, 0.05) is 19.1 Å². The number of nitrogens with zero attached hydrogens (tertiary/aromatic N) is 1. The normalized spacial score (nSPS) is 36.0. The number of hydrogen-bond acceptors (Lipinski definition) is 2. The zero-order valence-electron chi connectivity index (χ0n) is 8.38. The van der Waals surface area contributed by atoms with Gasteiger partial charge in [-0.05, 0) is 19.3 Å². The summed E-state index contributed by atoms with van der Waals surface area (Å²) in [6.45, 7) is 1.14. The van der Waals surface area contributed by atoms with Gasteiger partial charge in [0.25, 0.3) is 6.43 Å². The van der Waals surface area contributed by atoms with E-state index in [9.17, 15) is 8.78 Å². The summed E-state index contributed by atoms with van der Waals surface area (Å²) in [5.41, 5.74) is 4.43. The van der Waals surface area contributed by atoms with Crippen LogP contribution in [-0.2, 0) is 0 Å². The zero-order valence-corrected chi connectivity index (χ0v) is 8.38. The van der Waals surface area contributed by atoms with E-state index in [2.05, 4.69) is 4.90 Å². The Morgan fingerprint density at radius 1 is 1.29 bits per heavy atom. The van der Waals surface area contributed by atoms with Gasteiger partial charge in [-0.25, -0.2) is 8.78 Å². The fourth-order valence-electron chi connectivity index (χ4n) is 2.65. The van der Waals surface area contributed by atoms with E-state index in [0.29, 0.717) is 19.0 Å². The second-order valence-electron chi connectivity index (χ2n) is 4.69. The first-order chi connectivity index (χ1) is 6.62. The van der Waals surface area contributed by atoms with Crippen molar-refractivity contribution in [1.29, 1.82) is 0 Å². The molecule has 0 bridgehead atoms. The highest BCUT2D eigenvalue weighted by atomic mass is 19.3. The summed E-state index contributed by atoms with van der Waals surface area (Å²) in [5.74, 6) is 0. The Bertz CT molecular complexity index is 204. The van der Waals surface area contributed by atoms with Gasteiger partial charge in [0.15, 0.2) is 0 Å². The van der Waals surface area contributed by atoms with Gasteiger partial charge in [0.1, 0.15) is 0 Å². The average Bonchev–Trinajstić information content (AvgIpc) is 2.72. The van der Waals surface area contributed by atoms with Gasteiger partial charge in [-0.3, -0.25) is 4.90 Å². The lowest BCUT2D eigenvalue weighted by molar-refractivity contribution is 0.0549. The second-order valence-corrected chi connectivity index (χ2v) is 4.69. The van der Waals surface area contributed by atoms with Crippen LogP contribution in [0, 0.1) is 0 Å². The fraction of sp³-hybridized carbons (Fsp3) is 1.00. The molecule has 1 saturated carbocycles. The number of hydrogen-bond donors (Lipinski definition) is 1. The van der Waals surface area contributed by atoms with Crippen molar-refractivity contribution < 1.29 is 8.78 Å². The first-order valence-corrected chi connectivity index (χ1v) is 5.43. The maximum Gasteiger partial charge on any atom is 0.257 e. The van der Waals surface area contributed by atoms with Crippen LogP contribution in [0.15, 0.2) is 0 Å². The van der Waals surface area contributed by atoms with E-state index in [1.165, 1.54) is 25.7 Å². The quantitative estimate of drug-likeness (QED) is 0.740. The standard InChI is InChI=1S/C10H18F2N2/c11-9(12)10(13)5-6-14(7-10)8-3-1-2-4-8/h8-9H,1-7,13H2. The minimum Gasteiger partial charge on any atom is -0.319 e. The summed E-state index contributed by atoms with van der Waals surface area (Å²) in [4.78, 5) is 2.17. The maximum atomic E-state index is 12.6. The fourth-order valence-corrected chi connectivity index (χ4v) is 2.65. The Balaban J connectivity index is 1.93. The van der Waals surface area contributed by atoms with Crippen LogP contribution in [0.5, 0.6) is 0 Å². The van der Waals surface area contributed by atoms with E-state index in [-0.39, 0.29) is 0 Å². The summed E-state index contributed by atoms with van der Waals surface area (Å²) < 4.78 is 25.3. The van der Waals surface area contributed by atoms with Crippen LogP contribution in [0.3, 0.4) is 0 Å². The largest absolute Gasteiger partial charge is 0.319 e. The highest BCUT2D eigenvalue weighted by Gasteiger charge is 2.44. The lowest BCUT2D eigenvalue weighted by Gasteiger charge is -2.27. The van der Waals surface area contributed by atoms with E-state index in [0.717, 1.165) is 6.54 Å². The van der Waals surface area contributed by atoms with Gasteiger partial charge in [-0.2, -0.15) is 0 Å². The molecule has 2 rings (SSSR count). The lowest BCUT2D eigenvalue weighted by atomic mass is 10.0. The van der Waals surface area contributed by atoms with Crippen molar-refractivity contribution in [3.8, 4) is 0 Å². The number of likely N-dealkylation sites (tertiary alicyclic amines) is 1. The maximum absolute atomic E-state index is 12.6. The summed E-state index contributed by atoms with van der Waals surface area (Å²) in [5, 5.41) is 0. The van der Waals surface area contributed by atoms with Crippen LogP contribution in [0.25, 0.3) is 0 Å². The molecule has 1 atom stereocenters. The number of rotatable bonds is 2. The van der Waals surface area contributed by atoms with E-state index in [4.69, 9.17) is 5.73 Å². The van der Waals surface area contributed by atoms with Gasteiger partial charge in [-0.15, -0.1) is 0 Å². The first-order valence-electron chi connectivity index (χ1n) is 5.43. The van der Waals surface area contributed by atoms with E-state index < -0.39 is 12.0 Å². The summed E-state index contributed by atoms with van der Waals surface area (Å²) >= 11 is 0. The molecule has 0 aromatic heterocycles. The summed E-state index contributed by atoms with van der Waals surface area (Å²) in [7, 11) is 0.